The molecule has 14 heavy (non-hydrogen) atoms. The molecule has 1 rings (SSSR count). The standard InChI is InChI=1S/C9H16O3S2/c1-7(14(3,11)12)8(10)9(2)5-4-6-13-9/h7H,4-6H2,1-3H3. The van der Waals surface area contributed by atoms with E-state index in [0.29, 0.717) is 0 Å². The third kappa shape index (κ3) is 2.31. The normalized spacial score (nSPS) is 30.2. The fourth-order valence-electron chi connectivity index (χ4n) is 1.60. The number of carbonyl (C=O) groups excluding carboxylic acids is 1. The lowest BCUT2D eigenvalue weighted by atomic mass is 9.98. The van der Waals surface area contributed by atoms with Gasteiger partial charge in [0, 0.05) is 6.26 Å². The first-order valence-electron chi connectivity index (χ1n) is 4.64. The van der Waals surface area contributed by atoms with Gasteiger partial charge in [-0.1, -0.05) is 0 Å². The van der Waals surface area contributed by atoms with Gasteiger partial charge in [-0.3, -0.25) is 4.79 Å². The van der Waals surface area contributed by atoms with Gasteiger partial charge in [0.2, 0.25) is 0 Å². The Morgan fingerprint density at radius 3 is 2.43 bits per heavy atom. The van der Waals surface area contributed by atoms with E-state index in [1.807, 2.05) is 6.92 Å². The second kappa shape index (κ2) is 3.85. The van der Waals surface area contributed by atoms with E-state index in [2.05, 4.69) is 0 Å². The van der Waals surface area contributed by atoms with Crippen LogP contribution >= 0.6 is 11.8 Å². The highest BCUT2D eigenvalue weighted by Crippen LogP contribution is 2.39. The van der Waals surface area contributed by atoms with Crippen molar-refractivity contribution in [2.24, 2.45) is 0 Å². The van der Waals surface area contributed by atoms with Crippen LogP contribution in [-0.2, 0) is 14.6 Å². The van der Waals surface area contributed by atoms with Crippen LogP contribution in [-0.4, -0.2) is 36.2 Å². The van der Waals surface area contributed by atoms with Gasteiger partial charge in [-0.05, 0) is 32.4 Å². The Hall–Kier alpha value is -0.0300. The minimum absolute atomic E-state index is 0.137. The van der Waals surface area contributed by atoms with E-state index in [0.717, 1.165) is 24.9 Å². The molecular weight excluding hydrogens is 220 g/mol. The molecule has 1 aliphatic rings. The second-order valence-electron chi connectivity index (χ2n) is 4.02. The zero-order valence-electron chi connectivity index (χ0n) is 8.74. The molecule has 0 bridgehead atoms. The maximum atomic E-state index is 11.9. The van der Waals surface area contributed by atoms with E-state index in [1.54, 1.807) is 11.8 Å². The Bertz CT molecular complexity index is 326. The molecule has 0 radical (unpaired) electrons. The van der Waals surface area contributed by atoms with Gasteiger partial charge in [0.15, 0.2) is 15.6 Å². The van der Waals surface area contributed by atoms with Gasteiger partial charge < -0.3 is 0 Å². The summed E-state index contributed by atoms with van der Waals surface area (Å²) in [5.74, 6) is 0.820. The summed E-state index contributed by atoms with van der Waals surface area (Å²) in [4.78, 5) is 11.9. The first-order chi connectivity index (χ1) is 6.27. The van der Waals surface area contributed by atoms with Crippen molar-refractivity contribution >= 4 is 27.4 Å². The van der Waals surface area contributed by atoms with Crippen LogP contribution in [0.15, 0.2) is 0 Å². The SMILES string of the molecule is CC(C(=O)C1(C)CCCS1)S(C)(=O)=O. The van der Waals surface area contributed by atoms with Gasteiger partial charge in [-0.25, -0.2) is 8.42 Å². The number of Topliss-reactive ketones (excluding diaryl/α,β-unsaturated/α-hetero) is 1. The van der Waals surface area contributed by atoms with Gasteiger partial charge >= 0.3 is 0 Å². The number of hydrogen-bond acceptors (Lipinski definition) is 4. The number of rotatable bonds is 3. The number of ketones is 1. The number of sulfone groups is 1. The highest BCUT2D eigenvalue weighted by atomic mass is 32.2. The van der Waals surface area contributed by atoms with Crippen LogP contribution in [0.5, 0.6) is 0 Å². The van der Waals surface area contributed by atoms with Crippen molar-refractivity contribution in [2.45, 2.75) is 36.7 Å². The predicted molar refractivity (Wildman–Crippen MR) is 59.4 cm³/mol. The molecule has 0 N–H and O–H groups in total. The fourth-order valence-corrected chi connectivity index (χ4v) is 3.67. The van der Waals surface area contributed by atoms with E-state index in [1.165, 1.54) is 6.92 Å². The van der Waals surface area contributed by atoms with Crippen molar-refractivity contribution in [3.05, 3.63) is 0 Å². The summed E-state index contributed by atoms with van der Waals surface area (Å²) >= 11 is 1.58. The highest BCUT2D eigenvalue weighted by Gasteiger charge is 2.42. The lowest BCUT2D eigenvalue weighted by molar-refractivity contribution is -0.120. The van der Waals surface area contributed by atoms with Crippen LogP contribution in [0, 0.1) is 0 Å². The van der Waals surface area contributed by atoms with Crippen molar-refractivity contribution in [3.63, 3.8) is 0 Å². The van der Waals surface area contributed by atoms with Gasteiger partial charge in [0.1, 0.15) is 5.25 Å². The Kier molecular flexibility index (Phi) is 3.31. The highest BCUT2D eigenvalue weighted by molar-refractivity contribution is 8.01. The Morgan fingerprint density at radius 2 is 2.07 bits per heavy atom. The average Bonchev–Trinajstić information content (AvgIpc) is 2.49. The average molecular weight is 236 g/mol. The zero-order valence-corrected chi connectivity index (χ0v) is 10.4. The summed E-state index contributed by atoms with van der Waals surface area (Å²) in [7, 11) is -3.24. The largest absolute Gasteiger partial charge is 0.297 e. The van der Waals surface area contributed by atoms with Crippen LogP contribution in [0.25, 0.3) is 0 Å². The number of thioether (sulfide) groups is 1. The smallest absolute Gasteiger partial charge is 0.166 e. The quantitative estimate of drug-likeness (QED) is 0.740. The van der Waals surface area contributed by atoms with Crippen molar-refractivity contribution in [1.82, 2.24) is 0 Å². The fraction of sp³-hybridized carbons (Fsp3) is 0.889. The molecule has 82 valence electrons. The lowest BCUT2D eigenvalue weighted by Gasteiger charge is -2.23. The van der Waals surface area contributed by atoms with Gasteiger partial charge in [-0.2, -0.15) is 0 Å². The molecular formula is C9H16O3S2. The molecule has 5 heteroatoms. The molecule has 1 saturated heterocycles. The first-order valence-corrected chi connectivity index (χ1v) is 7.58. The summed E-state index contributed by atoms with van der Waals surface area (Å²) < 4.78 is 22.0. The first kappa shape index (κ1) is 12.0. The van der Waals surface area contributed by atoms with Crippen molar-refractivity contribution in [3.8, 4) is 0 Å². The maximum absolute atomic E-state index is 11.9. The topological polar surface area (TPSA) is 51.2 Å². The molecule has 0 aromatic heterocycles. The minimum Gasteiger partial charge on any atom is -0.297 e. The van der Waals surface area contributed by atoms with Gasteiger partial charge in [0.05, 0.1) is 4.75 Å². The van der Waals surface area contributed by atoms with Crippen molar-refractivity contribution in [2.75, 3.05) is 12.0 Å². The van der Waals surface area contributed by atoms with Crippen LogP contribution in [0.3, 0.4) is 0 Å². The molecule has 0 aliphatic carbocycles. The van der Waals surface area contributed by atoms with Crippen molar-refractivity contribution < 1.29 is 13.2 Å². The zero-order chi connectivity index (χ0) is 11.0. The molecule has 3 nitrogen and oxygen atoms in total. The van der Waals surface area contributed by atoms with E-state index in [-0.39, 0.29) is 5.78 Å². The predicted octanol–water partition coefficient (Wildman–Crippen LogP) is 1.27. The molecule has 1 fully saturated rings. The summed E-state index contributed by atoms with van der Waals surface area (Å²) in [6, 6.07) is 0. The third-order valence-electron chi connectivity index (χ3n) is 2.75. The Labute approximate surface area is 89.6 Å². The van der Waals surface area contributed by atoms with Gasteiger partial charge in [0.25, 0.3) is 0 Å². The van der Waals surface area contributed by atoms with E-state index >= 15 is 0 Å². The Morgan fingerprint density at radius 1 is 1.50 bits per heavy atom. The van der Waals surface area contributed by atoms with Crippen LogP contribution < -0.4 is 0 Å². The summed E-state index contributed by atoms with van der Waals surface area (Å²) in [5, 5.41) is -0.863. The maximum Gasteiger partial charge on any atom is 0.166 e. The number of carbonyl (C=O) groups is 1. The lowest BCUT2D eigenvalue weighted by Crippen LogP contribution is -2.40. The molecule has 2 atom stereocenters. The van der Waals surface area contributed by atoms with E-state index in [9.17, 15) is 13.2 Å². The summed E-state index contributed by atoms with van der Waals surface area (Å²) in [6.07, 6.45) is 2.93. The minimum atomic E-state index is -3.24. The molecule has 0 saturated carbocycles. The molecule has 2 unspecified atom stereocenters. The molecule has 0 aromatic carbocycles. The van der Waals surface area contributed by atoms with Gasteiger partial charge in [-0.15, -0.1) is 11.8 Å². The molecule has 0 amide bonds. The number of hydrogen-bond donors (Lipinski definition) is 0. The van der Waals surface area contributed by atoms with Crippen LogP contribution in [0.1, 0.15) is 26.7 Å². The molecule has 1 aliphatic heterocycles. The molecule has 0 aromatic rings. The molecule has 1 heterocycles. The van der Waals surface area contributed by atoms with Crippen molar-refractivity contribution in [1.29, 1.82) is 0 Å². The summed E-state index contributed by atoms with van der Waals surface area (Å²) in [5.41, 5.74) is 0. The third-order valence-corrected chi connectivity index (χ3v) is 5.79. The monoisotopic (exact) mass is 236 g/mol. The second-order valence-corrected chi connectivity index (χ2v) is 7.98. The van der Waals surface area contributed by atoms with E-state index in [4.69, 9.17) is 0 Å². The Balaban J connectivity index is 2.85. The molecule has 0 spiro atoms. The van der Waals surface area contributed by atoms with Crippen LogP contribution in [0.4, 0.5) is 0 Å². The van der Waals surface area contributed by atoms with Crippen LogP contribution in [0.2, 0.25) is 0 Å². The summed E-state index contributed by atoms with van der Waals surface area (Å²) in [6.45, 7) is 3.34. The van der Waals surface area contributed by atoms with E-state index < -0.39 is 19.8 Å².